The Labute approximate surface area is 129 Å². The summed E-state index contributed by atoms with van der Waals surface area (Å²) in [5.74, 6) is -0.117. The third-order valence-corrected chi connectivity index (χ3v) is 5.18. The number of carbonyl (C=O) groups is 3. The summed E-state index contributed by atoms with van der Waals surface area (Å²) in [6.07, 6.45) is 5.08. The molecule has 118 valence electrons. The van der Waals surface area contributed by atoms with Crippen LogP contribution < -0.4 is 10.9 Å². The maximum Gasteiger partial charge on any atom is 0.243 e. The zero-order valence-electron chi connectivity index (χ0n) is 12.6. The van der Waals surface area contributed by atoms with Crippen molar-refractivity contribution in [1.29, 1.82) is 0 Å². The van der Waals surface area contributed by atoms with Gasteiger partial charge in [-0.15, -0.1) is 0 Å². The van der Waals surface area contributed by atoms with Gasteiger partial charge in [-0.1, -0.05) is 6.92 Å². The molecule has 1 saturated carbocycles. The molecule has 1 heterocycles. The number of carbonyl (C=O) groups excluding carboxylic acids is 3. The van der Waals surface area contributed by atoms with E-state index in [1.807, 2.05) is 13.2 Å². The number of rotatable bonds is 5. The fourth-order valence-electron chi connectivity index (χ4n) is 3.06. The summed E-state index contributed by atoms with van der Waals surface area (Å²) in [6.45, 7) is 2.61. The van der Waals surface area contributed by atoms with Gasteiger partial charge in [0.05, 0.1) is 5.25 Å². The minimum Gasteiger partial charge on any atom is -0.291 e. The molecule has 1 unspecified atom stereocenters. The van der Waals surface area contributed by atoms with Gasteiger partial charge < -0.3 is 0 Å². The average Bonchev–Trinajstić information content (AvgIpc) is 2.79. The van der Waals surface area contributed by atoms with E-state index >= 15 is 0 Å². The van der Waals surface area contributed by atoms with E-state index in [-0.39, 0.29) is 34.9 Å². The molecule has 2 aliphatic rings. The van der Waals surface area contributed by atoms with E-state index in [2.05, 4.69) is 10.9 Å². The van der Waals surface area contributed by atoms with Crippen LogP contribution in [0.2, 0.25) is 0 Å². The first-order valence-corrected chi connectivity index (χ1v) is 8.78. The Kier molecular flexibility index (Phi) is 5.64. The summed E-state index contributed by atoms with van der Waals surface area (Å²) >= 11 is 1.44. The monoisotopic (exact) mass is 313 g/mol. The van der Waals surface area contributed by atoms with Crippen molar-refractivity contribution in [2.24, 2.45) is 5.92 Å². The quantitative estimate of drug-likeness (QED) is 0.576. The lowest BCUT2D eigenvalue weighted by atomic mass is 9.85. The molecule has 0 bridgehead atoms. The Morgan fingerprint density at radius 2 is 1.95 bits per heavy atom. The van der Waals surface area contributed by atoms with Crippen molar-refractivity contribution < 1.29 is 14.4 Å². The molecule has 1 aliphatic carbocycles. The lowest BCUT2D eigenvalue weighted by Crippen LogP contribution is -2.46. The Morgan fingerprint density at radius 3 is 2.48 bits per heavy atom. The normalized spacial score (nSPS) is 29.8. The SMILES string of the molecule is CCNNC(=O)C1CCC(N2C(=O)CC(SC)C2=O)CC1. The number of likely N-dealkylation sites (tertiary alicyclic amines) is 1. The van der Waals surface area contributed by atoms with E-state index in [0.717, 1.165) is 25.7 Å². The zero-order valence-corrected chi connectivity index (χ0v) is 13.4. The molecule has 6 nitrogen and oxygen atoms in total. The van der Waals surface area contributed by atoms with Gasteiger partial charge >= 0.3 is 0 Å². The van der Waals surface area contributed by atoms with Gasteiger partial charge in [-0.3, -0.25) is 24.7 Å². The van der Waals surface area contributed by atoms with Crippen molar-refractivity contribution in [1.82, 2.24) is 15.8 Å². The van der Waals surface area contributed by atoms with E-state index in [1.165, 1.54) is 16.7 Å². The van der Waals surface area contributed by atoms with Crippen LogP contribution in [0.25, 0.3) is 0 Å². The molecule has 1 saturated heterocycles. The number of hydrogen-bond acceptors (Lipinski definition) is 5. The van der Waals surface area contributed by atoms with Crippen molar-refractivity contribution in [3.8, 4) is 0 Å². The zero-order chi connectivity index (χ0) is 15.4. The second-order valence-electron chi connectivity index (χ2n) is 5.56. The second kappa shape index (κ2) is 7.26. The van der Waals surface area contributed by atoms with Gasteiger partial charge in [-0.2, -0.15) is 11.8 Å². The van der Waals surface area contributed by atoms with E-state index < -0.39 is 0 Å². The van der Waals surface area contributed by atoms with Crippen molar-refractivity contribution in [2.45, 2.75) is 50.3 Å². The van der Waals surface area contributed by atoms with Crippen LogP contribution in [0, 0.1) is 5.92 Å². The van der Waals surface area contributed by atoms with E-state index in [0.29, 0.717) is 13.0 Å². The summed E-state index contributed by atoms with van der Waals surface area (Å²) in [5.41, 5.74) is 5.50. The van der Waals surface area contributed by atoms with Crippen LogP contribution in [-0.4, -0.2) is 46.7 Å². The van der Waals surface area contributed by atoms with E-state index in [9.17, 15) is 14.4 Å². The number of amides is 3. The number of hydrazine groups is 1. The van der Waals surface area contributed by atoms with Gasteiger partial charge in [0.15, 0.2) is 0 Å². The summed E-state index contributed by atoms with van der Waals surface area (Å²) in [6, 6.07) is -0.0228. The molecular formula is C14H23N3O3S. The minimum atomic E-state index is -0.215. The third-order valence-electron chi connectivity index (χ3n) is 4.25. The molecular weight excluding hydrogens is 290 g/mol. The van der Waals surface area contributed by atoms with Gasteiger partial charge in [-0.05, 0) is 31.9 Å². The topological polar surface area (TPSA) is 78.5 Å². The summed E-state index contributed by atoms with van der Waals surface area (Å²) < 4.78 is 0. The lowest BCUT2D eigenvalue weighted by molar-refractivity contribution is -0.142. The Bertz CT molecular complexity index is 422. The Balaban J connectivity index is 1.88. The van der Waals surface area contributed by atoms with Crippen LogP contribution in [0.15, 0.2) is 0 Å². The van der Waals surface area contributed by atoms with E-state index in [4.69, 9.17) is 0 Å². The molecule has 0 radical (unpaired) electrons. The maximum absolute atomic E-state index is 12.2. The maximum atomic E-state index is 12.2. The van der Waals surface area contributed by atoms with Gasteiger partial charge in [-0.25, -0.2) is 5.43 Å². The van der Waals surface area contributed by atoms with Crippen molar-refractivity contribution in [3.63, 3.8) is 0 Å². The number of nitrogens with zero attached hydrogens (tertiary/aromatic N) is 1. The minimum absolute atomic E-state index is 0.0105. The molecule has 3 amide bonds. The fourth-order valence-corrected chi connectivity index (χ4v) is 3.69. The molecule has 0 aromatic rings. The summed E-state index contributed by atoms with van der Waals surface area (Å²) in [4.78, 5) is 37.6. The van der Waals surface area contributed by atoms with Crippen LogP contribution in [0.1, 0.15) is 39.0 Å². The molecule has 2 N–H and O–H groups in total. The Morgan fingerprint density at radius 1 is 1.29 bits per heavy atom. The van der Waals surface area contributed by atoms with Crippen LogP contribution in [0.5, 0.6) is 0 Å². The highest BCUT2D eigenvalue weighted by molar-refractivity contribution is 8.00. The van der Waals surface area contributed by atoms with Crippen LogP contribution in [0.3, 0.4) is 0 Å². The first kappa shape index (κ1) is 16.3. The highest BCUT2D eigenvalue weighted by Crippen LogP contribution is 2.33. The average molecular weight is 313 g/mol. The predicted octanol–water partition coefficient (Wildman–Crippen LogP) is 0.676. The van der Waals surface area contributed by atoms with Crippen molar-refractivity contribution >= 4 is 29.5 Å². The van der Waals surface area contributed by atoms with Gasteiger partial charge in [0.25, 0.3) is 0 Å². The first-order valence-electron chi connectivity index (χ1n) is 7.49. The molecule has 2 fully saturated rings. The van der Waals surface area contributed by atoms with E-state index in [1.54, 1.807) is 0 Å². The summed E-state index contributed by atoms with van der Waals surface area (Å²) in [5, 5.41) is -0.215. The number of hydrogen-bond donors (Lipinski definition) is 2. The number of imide groups is 1. The molecule has 7 heteroatoms. The van der Waals surface area contributed by atoms with Gasteiger partial charge in [0.2, 0.25) is 17.7 Å². The second-order valence-corrected chi connectivity index (χ2v) is 6.60. The van der Waals surface area contributed by atoms with Crippen LogP contribution >= 0.6 is 11.8 Å². The van der Waals surface area contributed by atoms with Gasteiger partial charge in [0, 0.05) is 24.9 Å². The van der Waals surface area contributed by atoms with Crippen LogP contribution in [-0.2, 0) is 14.4 Å². The predicted molar refractivity (Wildman–Crippen MR) is 81.3 cm³/mol. The Hall–Kier alpha value is -1.08. The van der Waals surface area contributed by atoms with Crippen molar-refractivity contribution in [3.05, 3.63) is 0 Å². The van der Waals surface area contributed by atoms with Crippen LogP contribution in [0.4, 0.5) is 0 Å². The molecule has 0 aromatic carbocycles. The molecule has 21 heavy (non-hydrogen) atoms. The number of nitrogens with one attached hydrogen (secondary N) is 2. The highest BCUT2D eigenvalue weighted by atomic mass is 32.2. The smallest absolute Gasteiger partial charge is 0.243 e. The summed E-state index contributed by atoms with van der Waals surface area (Å²) in [7, 11) is 0. The molecule has 1 aliphatic heterocycles. The highest BCUT2D eigenvalue weighted by Gasteiger charge is 2.43. The molecule has 0 aromatic heterocycles. The van der Waals surface area contributed by atoms with Crippen molar-refractivity contribution in [2.75, 3.05) is 12.8 Å². The van der Waals surface area contributed by atoms with Gasteiger partial charge in [0.1, 0.15) is 0 Å². The standard InChI is InChI=1S/C14H23N3O3S/c1-3-15-16-13(19)9-4-6-10(7-5-9)17-12(18)8-11(21-2)14(17)20/h9-11,15H,3-8H2,1-2H3,(H,16,19). The molecule has 2 rings (SSSR count). The largest absolute Gasteiger partial charge is 0.291 e. The first-order chi connectivity index (χ1) is 10.1. The molecule has 1 atom stereocenters. The fraction of sp³-hybridized carbons (Fsp3) is 0.786. The number of thioether (sulfide) groups is 1. The lowest BCUT2D eigenvalue weighted by Gasteiger charge is -2.33. The molecule has 0 spiro atoms. The third kappa shape index (κ3) is 3.58.